The number of rotatable bonds is 8. The first-order valence-corrected chi connectivity index (χ1v) is 9.27. The zero-order valence-electron chi connectivity index (χ0n) is 13.6. The number of carbonyl (C=O) groups excluding carboxylic acids is 1. The maximum atomic E-state index is 12.0. The van der Waals surface area contributed by atoms with E-state index in [2.05, 4.69) is 40.5 Å². The van der Waals surface area contributed by atoms with Crippen LogP contribution >= 0.6 is 24.2 Å². The molecule has 1 unspecified atom stereocenters. The second kappa shape index (κ2) is 11.7. The molecule has 6 heteroatoms. The number of hydrogen-bond acceptors (Lipinski definition) is 4. The van der Waals surface area contributed by atoms with Crippen molar-refractivity contribution >= 4 is 30.1 Å². The molecule has 1 aromatic rings. The van der Waals surface area contributed by atoms with E-state index < -0.39 is 0 Å². The Morgan fingerprint density at radius 1 is 1.35 bits per heavy atom. The van der Waals surface area contributed by atoms with Gasteiger partial charge in [0.2, 0.25) is 5.91 Å². The van der Waals surface area contributed by atoms with Gasteiger partial charge in [-0.2, -0.15) is 11.8 Å². The number of likely N-dealkylation sites (tertiary alicyclic amines) is 1. The third-order valence-corrected chi connectivity index (χ3v) is 4.99. The van der Waals surface area contributed by atoms with E-state index in [0.29, 0.717) is 13.1 Å². The lowest BCUT2D eigenvalue weighted by Gasteiger charge is -2.31. The molecule has 1 amide bonds. The van der Waals surface area contributed by atoms with E-state index in [4.69, 9.17) is 5.73 Å². The predicted octanol–water partition coefficient (Wildman–Crippen LogP) is 2.13. The van der Waals surface area contributed by atoms with Gasteiger partial charge < -0.3 is 16.0 Å². The van der Waals surface area contributed by atoms with Gasteiger partial charge in [-0.05, 0) is 24.9 Å². The molecule has 0 spiro atoms. The Hall–Kier alpha value is -0.750. The zero-order valence-corrected chi connectivity index (χ0v) is 15.2. The fourth-order valence-electron chi connectivity index (χ4n) is 2.77. The molecule has 2 rings (SSSR count). The molecule has 1 saturated heterocycles. The number of nitrogens with one attached hydrogen (secondary N) is 1. The number of carbonyl (C=O) groups is 1. The zero-order chi connectivity index (χ0) is 15.6. The standard InChI is InChI=1S/C17H27N3OS.ClH/c18-8-9-19-17(21)16-7-4-10-20(13-16)11-12-22-14-15-5-2-1-3-6-15;/h1-3,5-6,16H,4,7-14,18H2,(H,19,21);1H. The van der Waals surface area contributed by atoms with Crippen LogP contribution in [0.25, 0.3) is 0 Å². The average Bonchev–Trinajstić information content (AvgIpc) is 2.58. The molecule has 0 aliphatic carbocycles. The highest BCUT2D eigenvalue weighted by Crippen LogP contribution is 2.18. The number of piperidine rings is 1. The summed E-state index contributed by atoms with van der Waals surface area (Å²) in [5.74, 6) is 2.49. The third-order valence-electron chi connectivity index (χ3n) is 3.98. The van der Waals surface area contributed by atoms with Crippen LogP contribution < -0.4 is 11.1 Å². The van der Waals surface area contributed by atoms with Crippen LogP contribution in [-0.2, 0) is 10.5 Å². The highest BCUT2D eigenvalue weighted by molar-refractivity contribution is 7.98. The Morgan fingerprint density at radius 2 is 2.13 bits per heavy atom. The van der Waals surface area contributed by atoms with Crippen LogP contribution in [0.5, 0.6) is 0 Å². The number of nitrogens with zero attached hydrogens (tertiary/aromatic N) is 1. The summed E-state index contributed by atoms with van der Waals surface area (Å²) in [6.07, 6.45) is 2.12. The number of benzene rings is 1. The van der Waals surface area contributed by atoms with E-state index in [1.165, 1.54) is 5.56 Å². The maximum absolute atomic E-state index is 12.0. The van der Waals surface area contributed by atoms with E-state index in [1.54, 1.807) is 0 Å². The second-order valence-electron chi connectivity index (χ2n) is 5.76. The van der Waals surface area contributed by atoms with Crippen molar-refractivity contribution in [3.05, 3.63) is 35.9 Å². The van der Waals surface area contributed by atoms with Gasteiger partial charge in [-0.15, -0.1) is 12.4 Å². The first-order chi connectivity index (χ1) is 10.8. The molecule has 4 nitrogen and oxygen atoms in total. The van der Waals surface area contributed by atoms with E-state index in [-0.39, 0.29) is 24.2 Å². The molecular weight excluding hydrogens is 330 g/mol. The molecule has 1 aliphatic heterocycles. The van der Waals surface area contributed by atoms with Crippen LogP contribution in [0.1, 0.15) is 18.4 Å². The van der Waals surface area contributed by atoms with Gasteiger partial charge in [0.1, 0.15) is 0 Å². The van der Waals surface area contributed by atoms with Crippen molar-refractivity contribution < 1.29 is 4.79 Å². The molecule has 1 fully saturated rings. The number of nitrogens with two attached hydrogens (primary N) is 1. The third kappa shape index (κ3) is 7.57. The lowest BCUT2D eigenvalue weighted by Crippen LogP contribution is -2.44. The molecule has 0 aromatic heterocycles. The molecule has 23 heavy (non-hydrogen) atoms. The van der Waals surface area contributed by atoms with Crippen molar-refractivity contribution in [3.8, 4) is 0 Å². The maximum Gasteiger partial charge on any atom is 0.224 e. The highest BCUT2D eigenvalue weighted by atomic mass is 35.5. The van der Waals surface area contributed by atoms with Crippen LogP contribution in [0.2, 0.25) is 0 Å². The van der Waals surface area contributed by atoms with Crippen molar-refractivity contribution in [2.75, 3.05) is 38.5 Å². The largest absolute Gasteiger partial charge is 0.355 e. The average molecular weight is 358 g/mol. The molecule has 1 heterocycles. The van der Waals surface area contributed by atoms with Gasteiger partial charge in [0, 0.05) is 37.7 Å². The number of thioether (sulfide) groups is 1. The lowest BCUT2D eigenvalue weighted by molar-refractivity contribution is -0.126. The van der Waals surface area contributed by atoms with Crippen LogP contribution in [0, 0.1) is 5.92 Å². The summed E-state index contributed by atoms with van der Waals surface area (Å²) >= 11 is 1.96. The second-order valence-corrected chi connectivity index (χ2v) is 6.86. The Bertz CT molecular complexity index is 447. The molecular formula is C17H28ClN3OS. The smallest absolute Gasteiger partial charge is 0.224 e. The fourth-order valence-corrected chi connectivity index (χ4v) is 3.73. The van der Waals surface area contributed by atoms with Crippen molar-refractivity contribution in [2.45, 2.75) is 18.6 Å². The van der Waals surface area contributed by atoms with E-state index >= 15 is 0 Å². The Kier molecular flexibility index (Phi) is 10.4. The van der Waals surface area contributed by atoms with Crippen LogP contribution in [-0.4, -0.2) is 49.3 Å². The Balaban J connectivity index is 0.00000264. The van der Waals surface area contributed by atoms with Crippen LogP contribution in [0.15, 0.2) is 30.3 Å². The molecule has 0 saturated carbocycles. The van der Waals surface area contributed by atoms with Gasteiger partial charge >= 0.3 is 0 Å². The van der Waals surface area contributed by atoms with Crippen molar-refractivity contribution in [1.29, 1.82) is 0 Å². The first kappa shape index (κ1) is 20.3. The summed E-state index contributed by atoms with van der Waals surface area (Å²) in [4.78, 5) is 14.4. The summed E-state index contributed by atoms with van der Waals surface area (Å²) in [6.45, 7) is 4.17. The van der Waals surface area contributed by atoms with Crippen LogP contribution in [0.4, 0.5) is 0 Å². The monoisotopic (exact) mass is 357 g/mol. The van der Waals surface area contributed by atoms with Gasteiger partial charge in [-0.1, -0.05) is 30.3 Å². The summed E-state index contributed by atoms with van der Waals surface area (Å²) < 4.78 is 0. The Morgan fingerprint density at radius 3 is 2.87 bits per heavy atom. The van der Waals surface area contributed by atoms with Crippen LogP contribution in [0.3, 0.4) is 0 Å². The van der Waals surface area contributed by atoms with Gasteiger partial charge in [-0.3, -0.25) is 4.79 Å². The van der Waals surface area contributed by atoms with Gasteiger partial charge in [0.25, 0.3) is 0 Å². The fraction of sp³-hybridized carbons (Fsp3) is 0.588. The number of amides is 1. The summed E-state index contributed by atoms with van der Waals surface area (Å²) in [5.41, 5.74) is 6.81. The summed E-state index contributed by atoms with van der Waals surface area (Å²) in [7, 11) is 0. The molecule has 1 aliphatic rings. The minimum absolute atomic E-state index is 0. The molecule has 0 radical (unpaired) electrons. The molecule has 0 bridgehead atoms. The van der Waals surface area contributed by atoms with Gasteiger partial charge in [-0.25, -0.2) is 0 Å². The minimum Gasteiger partial charge on any atom is -0.355 e. The van der Waals surface area contributed by atoms with Crippen molar-refractivity contribution in [3.63, 3.8) is 0 Å². The molecule has 3 N–H and O–H groups in total. The SMILES string of the molecule is Cl.NCCNC(=O)C1CCCN(CCSCc2ccccc2)C1. The van der Waals surface area contributed by atoms with E-state index in [0.717, 1.165) is 44.0 Å². The minimum atomic E-state index is 0. The van der Waals surface area contributed by atoms with Crippen molar-refractivity contribution in [1.82, 2.24) is 10.2 Å². The summed E-state index contributed by atoms with van der Waals surface area (Å²) in [5, 5.41) is 2.92. The number of halogens is 1. The number of hydrogen-bond donors (Lipinski definition) is 2. The topological polar surface area (TPSA) is 58.4 Å². The first-order valence-electron chi connectivity index (χ1n) is 8.11. The predicted molar refractivity (Wildman–Crippen MR) is 101 cm³/mol. The molecule has 1 aromatic carbocycles. The van der Waals surface area contributed by atoms with E-state index in [9.17, 15) is 4.79 Å². The Labute approximate surface area is 150 Å². The molecule has 130 valence electrons. The highest BCUT2D eigenvalue weighted by Gasteiger charge is 2.24. The van der Waals surface area contributed by atoms with Gasteiger partial charge in [0.05, 0.1) is 5.92 Å². The lowest BCUT2D eigenvalue weighted by atomic mass is 9.97. The van der Waals surface area contributed by atoms with Gasteiger partial charge in [0.15, 0.2) is 0 Å². The van der Waals surface area contributed by atoms with E-state index in [1.807, 2.05) is 11.8 Å². The normalized spacial score (nSPS) is 18.2. The van der Waals surface area contributed by atoms with Crippen molar-refractivity contribution in [2.24, 2.45) is 11.7 Å². The molecule has 1 atom stereocenters. The quantitative estimate of drug-likeness (QED) is 0.700. The summed E-state index contributed by atoms with van der Waals surface area (Å²) in [6, 6.07) is 10.6.